The van der Waals surface area contributed by atoms with Gasteiger partial charge < -0.3 is 25.8 Å². The van der Waals surface area contributed by atoms with Crippen LogP contribution in [0, 0.1) is 5.82 Å². The molecule has 0 aliphatic rings. The molecule has 0 bridgehead atoms. The molecule has 0 saturated heterocycles. The first-order chi connectivity index (χ1) is 13.7. The number of benzene rings is 2. The maximum atomic E-state index is 13.2. The molecular weight excluding hydrogens is 398 g/mol. The molecule has 0 radical (unpaired) electrons. The molecule has 2 rings (SSSR count). The summed E-state index contributed by atoms with van der Waals surface area (Å²) in [7, 11) is 0. The molecule has 2 aromatic carbocycles. The fraction of sp³-hybridized carbons (Fsp3) is 0.222. The Hall–Kier alpha value is -3.34. The quantitative estimate of drug-likeness (QED) is 0.411. The molecule has 7 nitrogen and oxygen atoms in total. The number of hydrogen-bond acceptors (Lipinski definition) is 4. The van der Waals surface area contributed by atoms with Gasteiger partial charge in [0.2, 0.25) is 0 Å². The summed E-state index contributed by atoms with van der Waals surface area (Å²) in [6.07, 6.45) is -4.70. The zero-order chi connectivity index (χ0) is 21.4. The van der Waals surface area contributed by atoms with Crippen LogP contribution in [0.15, 0.2) is 42.5 Å². The molecule has 0 fully saturated rings. The maximum absolute atomic E-state index is 13.2. The van der Waals surface area contributed by atoms with Crippen LogP contribution >= 0.6 is 0 Å². The molecule has 0 aromatic heterocycles. The van der Waals surface area contributed by atoms with Gasteiger partial charge in [0.05, 0.1) is 11.3 Å². The second-order valence-electron chi connectivity index (χ2n) is 5.68. The number of hydrogen-bond donors (Lipinski definition) is 4. The summed E-state index contributed by atoms with van der Waals surface area (Å²) in [6.45, 7) is -0.0507. The van der Waals surface area contributed by atoms with E-state index in [1.807, 2.05) is 0 Å². The smallest absolute Gasteiger partial charge is 0.406 e. The number of halogens is 4. The van der Waals surface area contributed by atoms with E-state index >= 15 is 0 Å². The van der Waals surface area contributed by atoms with Gasteiger partial charge in [0.15, 0.2) is 0 Å². The van der Waals surface area contributed by atoms with Crippen molar-refractivity contribution in [1.29, 1.82) is 0 Å². The van der Waals surface area contributed by atoms with Crippen LogP contribution in [0.1, 0.15) is 16.8 Å². The molecule has 4 N–H and O–H groups in total. The van der Waals surface area contributed by atoms with Gasteiger partial charge in [0, 0.05) is 24.9 Å². The number of alkyl halides is 3. The number of amides is 3. The molecular formula is C18H17F4N3O4. The van der Waals surface area contributed by atoms with Crippen molar-refractivity contribution in [3.05, 3.63) is 53.8 Å². The lowest BCUT2D eigenvalue weighted by atomic mass is 10.1. The molecule has 2 aromatic rings. The first-order valence-electron chi connectivity index (χ1n) is 8.30. The number of nitrogens with one attached hydrogen (secondary N) is 3. The van der Waals surface area contributed by atoms with Crippen LogP contribution in [-0.4, -0.2) is 36.6 Å². The van der Waals surface area contributed by atoms with E-state index in [0.29, 0.717) is 0 Å². The Morgan fingerprint density at radius 2 is 1.83 bits per heavy atom. The van der Waals surface area contributed by atoms with Crippen molar-refractivity contribution >= 4 is 23.3 Å². The Labute approximate surface area is 162 Å². The van der Waals surface area contributed by atoms with E-state index < -0.39 is 29.9 Å². The van der Waals surface area contributed by atoms with Crippen LogP contribution in [0.4, 0.5) is 33.7 Å². The number of aliphatic hydroxyl groups excluding tert-OH is 1. The van der Waals surface area contributed by atoms with E-state index in [1.54, 1.807) is 0 Å². The van der Waals surface area contributed by atoms with E-state index in [-0.39, 0.29) is 36.5 Å². The van der Waals surface area contributed by atoms with Crippen LogP contribution in [0.5, 0.6) is 5.75 Å². The van der Waals surface area contributed by atoms with E-state index in [2.05, 4.69) is 20.7 Å². The molecule has 0 aliphatic carbocycles. The standard InChI is InChI=1S/C18H17F4N3O4/c19-11-3-1-4-12(9-11)24-17(28)25-15-10-13(29-18(20,21)22)5-6-14(15)16(27)23-7-2-8-26/h1,3-6,9-10,26H,2,7-8H2,(H,23,27)(H2,24,25,28). The molecule has 29 heavy (non-hydrogen) atoms. The Morgan fingerprint density at radius 3 is 2.48 bits per heavy atom. The van der Waals surface area contributed by atoms with Gasteiger partial charge in [-0.15, -0.1) is 13.2 Å². The van der Waals surface area contributed by atoms with Crippen molar-refractivity contribution in [2.24, 2.45) is 0 Å². The number of carbonyl (C=O) groups is 2. The summed E-state index contributed by atoms with van der Waals surface area (Å²) < 4.78 is 54.4. The highest BCUT2D eigenvalue weighted by Gasteiger charge is 2.31. The van der Waals surface area contributed by atoms with Gasteiger partial charge in [-0.1, -0.05) is 6.07 Å². The highest BCUT2D eigenvalue weighted by molar-refractivity contribution is 6.06. The van der Waals surface area contributed by atoms with Gasteiger partial charge in [-0.3, -0.25) is 4.79 Å². The molecule has 11 heteroatoms. The minimum atomic E-state index is -4.97. The topological polar surface area (TPSA) is 99.7 Å². The molecule has 156 valence electrons. The zero-order valence-electron chi connectivity index (χ0n) is 14.8. The SMILES string of the molecule is O=C(Nc1cccc(F)c1)Nc1cc(OC(F)(F)F)ccc1C(=O)NCCCO. The second-order valence-corrected chi connectivity index (χ2v) is 5.68. The largest absolute Gasteiger partial charge is 0.573 e. The van der Waals surface area contributed by atoms with E-state index in [4.69, 9.17) is 5.11 Å². The fourth-order valence-electron chi connectivity index (χ4n) is 2.25. The van der Waals surface area contributed by atoms with Crippen molar-refractivity contribution < 1.29 is 37.0 Å². The van der Waals surface area contributed by atoms with Gasteiger partial charge in [-0.25, -0.2) is 9.18 Å². The Bertz CT molecular complexity index is 874. The van der Waals surface area contributed by atoms with E-state index in [1.165, 1.54) is 12.1 Å². The van der Waals surface area contributed by atoms with Crippen molar-refractivity contribution in [2.45, 2.75) is 12.8 Å². The van der Waals surface area contributed by atoms with Gasteiger partial charge in [0.1, 0.15) is 11.6 Å². The van der Waals surface area contributed by atoms with E-state index in [9.17, 15) is 27.2 Å². The van der Waals surface area contributed by atoms with Gasteiger partial charge >= 0.3 is 12.4 Å². The summed E-state index contributed by atoms with van der Waals surface area (Å²) in [6, 6.07) is 6.83. The molecule has 0 saturated carbocycles. The van der Waals surface area contributed by atoms with Crippen molar-refractivity contribution in [3.63, 3.8) is 0 Å². The third-order valence-electron chi connectivity index (χ3n) is 3.42. The van der Waals surface area contributed by atoms with E-state index in [0.717, 1.165) is 30.3 Å². The third kappa shape index (κ3) is 7.30. The third-order valence-corrected chi connectivity index (χ3v) is 3.42. The highest BCUT2D eigenvalue weighted by Crippen LogP contribution is 2.28. The molecule has 0 heterocycles. The Kier molecular flexibility index (Phi) is 7.37. The minimum Gasteiger partial charge on any atom is -0.406 e. The average Bonchev–Trinajstić information content (AvgIpc) is 2.60. The van der Waals surface area contributed by atoms with Gasteiger partial charge in [-0.2, -0.15) is 0 Å². The maximum Gasteiger partial charge on any atom is 0.573 e. The van der Waals surface area contributed by atoms with Crippen LogP contribution in [-0.2, 0) is 0 Å². The van der Waals surface area contributed by atoms with Gasteiger partial charge in [-0.05, 0) is 36.8 Å². The Balaban J connectivity index is 2.22. The predicted octanol–water partition coefficient (Wildman–Crippen LogP) is 3.48. The normalized spacial score (nSPS) is 10.9. The van der Waals surface area contributed by atoms with Crippen molar-refractivity contribution in [3.8, 4) is 5.75 Å². The van der Waals surface area contributed by atoms with Crippen molar-refractivity contribution in [2.75, 3.05) is 23.8 Å². The first-order valence-corrected chi connectivity index (χ1v) is 8.30. The molecule has 0 spiro atoms. The lowest BCUT2D eigenvalue weighted by Crippen LogP contribution is -2.28. The van der Waals surface area contributed by atoms with Crippen LogP contribution in [0.3, 0.4) is 0 Å². The van der Waals surface area contributed by atoms with Crippen LogP contribution < -0.4 is 20.7 Å². The molecule has 0 atom stereocenters. The average molecular weight is 415 g/mol. The summed E-state index contributed by atoms with van der Waals surface area (Å²) in [5.74, 6) is -1.93. The monoisotopic (exact) mass is 415 g/mol. The predicted molar refractivity (Wildman–Crippen MR) is 96.2 cm³/mol. The molecule has 3 amide bonds. The number of anilines is 2. The number of rotatable bonds is 7. The van der Waals surface area contributed by atoms with Crippen molar-refractivity contribution in [1.82, 2.24) is 5.32 Å². The van der Waals surface area contributed by atoms with Gasteiger partial charge in [0.25, 0.3) is 5.91 Å². The number of urea groups is 1. The lowest BCUT2D eigenvalue weighted by Gasteiger charge is -2.15. The van der Waals surface area contributed by atoms with Crippen LogP contribution in [0.25, 0.3) is 0 Å². The summed E-state index contributed by atoms with van der Waals surface area (Å²) >= 11 is 0. The lowest BCUT2D eigenvalue weighted by molar-refractivity contribution is -0.274. The first kappa shape index (κ1) is 22.0. The summed E-state index contributed by atoms with van der Waals surface area (Å²) in [4.78, 5) is 24.4. The minimum absolute atomic E-state index is 0.0964. The zero-order valence-corrected chi connectivity index (χ0v) is 14.8. The molecule has 0 unspecified atom stereocenters. The molecule has 0 aliphatic heterocycles. The summed E-state index contributed by atoms with van der Waals surface area (Å²) in [5.41, 5.74) is -0.298. The Morgan fingerprint density at radius 1 is 1.07 bits per heavy atom. The number of aliphatic hydroxyl groups is 1. The fourth-order valence-corrected chi connectivity index (χ4v) is 2.25. The number of carbonyl (C=O) groups excluding carboxylic acids is 2. The second kappa shape index (κ2) is 9.73. The number of ether oxygens (including phenoxy) is 1. The van der Waals surface area contributed by atoms with Crippen LogP contribution in [0.2, 0.25) is 0 Å². The summed E-state index contributed by atoms with van der Waals surface area (Å²) in [5, 5.41) is 15.8. The highest BCUT2D eigenvalue weighted by atomic mass is 19.4.